The number of carbonyl (C=O) groups excluding carboxylic acids is 1. The molecular weight excluding hydrogens is 248 g/mol. The Morgan fingerprint density at radius 1 is 1.59 bits per heavy atom. The first-order valence-electron chi connectivity index (χ1n) is 4.49. The minimum atomic E-state index is -3.26. The number of hydrogen-bond donors (Lipinski definition) is 3. The van der Waals surface area contributed by atoms with Crippen LogP contribution in [0.1, 0.15) is 11.5 Å². The number of furan rings is 1. The molecule has 1 aromatic heterocycles. The van der Waals surface area contributed by atoms with Gasteiger partial charge in [0.25, 0.3) is 0 Å². The Kier molecular flexibility index (Phi) is 4.24. The van der Waals surface area contributed by atoms with E-state index in [1.807, 2.05) is 5.43 Å². The van der Waals surface area contributed by atoms with E-state index < -0.39 is 16.1 Å². The van der Waals surface area contributed by atoms with Crippen molar-refractivity contribution < 1.29 is 17.6 Å². The summed E-state index contributed by atoms with van der Waals surface area (Å²) in [5.74, 6) is 0.792. The summed E-state index contributed by atoms with van der Waals surface area (Å²) in [5, 5.41) is 3.48. The Morgan fingerprint density at radius 2 is 2.29 bits per heavy atom. The summed E-state index contributed by atoms with van der Waals surface area (Å²) in [5.41, 5.74) is 6.78. The van der Waals surface area contributed by atoms with Gasteiger partial charge in [0.05, 0.1) is 19.0 Å². The number of nitrogens with zero attached hydrogens (tertiary/aromatic N) is 1. The van der Waals surface area contributed by atoms with Gasteiger partial charge in [0.1, 0.15) is 11.5 Å². The number of nitrogens with one attached hydrogen (secondary N) is 2. The number of hydrazone groups is 1. The Hall–Kier alpha value is -1.87. The first-order chi connectivity index (χ1) is 7.87. The van der Waals surface area contributed by atoms with Crippen LogP contribution in [0.5, 0.6) is 0 Å². The summed E-state index contributed by atoms with van der Waals surface area (Å²) in [6, 6.07) is 2.38. The van der Waals surface area contributed by atoms with E-state index in [1.165, 1.54) is 6.21 Å². The molecule has 0 bridgehead atoms. The lowest BCUT2D eigenvalue weighted by atomic mass is 10.4. The van der Waals surface area contributed by atoms with E-state index in [4.69, 9.17) is 10.2 Å². The molecule has 1 heterocycles. The standard InChI is InChI=1S/C8H12N4O4S/c1-17(14,15)11-5-7-3-2-6(16-7)4-10-12-8(9)13/h2-4,11H,5H2,1H3,(H3,9,12,13)/b10-4+. The number of nitrogens with two attached hydrogens (primary N) is 1. The van der Waals surface area contributed by atoms with E-state index in [0.717, 1.165) is 6.26 Å². The van der Waals surface area contributed by atoms with E-state index in [2.05, 4.69) is 9.82 Å². The molecule has 0 atom stereocenters. The Bertz CT molecular complexity index is 519. The monoisotopic (exact) mass is 260 g/mol. The summed E-state index contributed by atoms with van der Waals surface area (Å²) in [6.07, 6.45) is 2.30. The summed E-state index contributed by atoms with van der Waals surface area (Å²) in [7, 11) is -3.26. The van der Waals surface area contributed by atoms with Gasteiger partial charge in [-0.25, -0.2) is 23.4 Å². The largest absolute Gasteiger partial charge is 0.459 e. The van der Waals surface area contributed by atoms with Gasteiger partial charge in [-0.05, 0) is 12.1 Å². The van der Waals surface area contributed by atoms with Crippen LogP contribution in [0.15, 0.2) is 21.7 Å². The van der Waals surface area contributed by atoms with Crippen molar-refractivity contribution in [1.82, 2.24) is 10.1 Å². The van der Waals surface area contributed by atoms with E-state index in [9.17, 15) is 13.2 Å². The van der Waals surface area contributed by atoms with Crippen LogP contribution in [0.2, 0.25) is 0 Å². The second-order valence-corrected chi connectivity index (χ2v) is 4.96. The maximum absolute atomic E-state index is 10.8. The molecule has 2 amide bonds. The average molecular weight is 260 g/mol. The molecule has 94 valence electrons. The van der Waals surface area contributed by atoms with E-state index in [0.29, 0.717) is 11.5 Å². The minimum Gasteiger partial charge on any atom is -0.459 e. The average Bonchev–Trinajstić information content (AvgIpc) is 2.61. The van der Waals surface area contributed by atoms with E-state index in [-0.39, 0.29) is 6.54 Å². The maximum atomic E-state index is 10.8. The van der Waals surface area contributed by atoms with Gasteiger partial charge in [-0.2, -0.15) is 5.10 Å². The molecule has 0 aliphatic carbocycles. The van der Waals surface area contributed by atoms with Gasteiger partial charge in [0, 0.05) is 0 Å². The predicted octanol–water partition coefficient (Wildman–Crippen LogP) is -0.669. The Labute approximate surface area is 97.9 Å². The van der Waals surface area contributed by atoms with Crippen LogP contribution < -0.4 is 15.9 Å². The fourth-order valence-electron chi connectivity index (χ4n) is 0.921. The molecule has 0 spiro atoms. The first kappa shape index (κ1) is 13.2. The number of sulfonamides is 1. The molecule has 1 aromatic rings. The molecule has 0 aliphatic heterocycles. The van der Waals surface area contributed by atoms with Crippen LogP contribution in [0.25, 0.3) is 0 Å². The lowest BCUT2D eigenvalue weighted by molar-refractivity contribution is 0.249. The van der Waals surface area contributed by atoms with Crippen molar-refractivity contribution in [1.29, 1.82) is 0 Å². The number of carbonyl (C=O) groups is 1. The molecule has 0 saturated heterocycles. The van der Waals surface area contributed by atoms with Crippen molar-refractivity contribution in [3.05, 3.63) is 23.7 Å². The highest BCUT2D eigenvalue weighted by Gasteiger charge is 2.04. The van der Waals surface area contributed by atoms with Crippen LogP contribution in [-0.4, -0.2) is 26.9 Å². The fraction of sp³-hybridized carbons (Fsp3) is 0.250. The Balaban J connectivity index is 2.54. The summed E-state index contributed by atoms with van der Waals surface area (Å²) in [4.78, 5) is 10.3. The quantitative estimate of drug-likeness (QED) is 0.479. The normalized spacial score (nSPS) is 11.8. The Morgan fingerprint density at radius 3 is 2.88 bits per heavy atom. The van der Waals surface area contributed by atoms with E-state index in [1.54, 1.807) is 12.1 Å². The number of hydrogen-bond acceptors (Lipinski definition) is 5. The second kappa shape index (κ2) is 5.46. The highest BCUT2D eigenvalue weighted by molar-refractivity contribution is 7.88. The lowest BCUT2D eigenvalue weighted by Crippen LogP contribution is -2.24. The molecule has 1 rings (SSSR count). The highest BCUT2D eigenvalue weighted by Crippen LogP contribution is 2.05. The molecule has 0 fully saturated rings. The fourth-order valence-corrected chi connectivity index (χ4v) is 1.33. The SMILES string of the molecule is CS(=O)(=O)NCc1ccc(/C=N/NC(N)=O)o1. The van der Waals surface area contributed by atoms with Gasteiger partial charge in [0.15, 0.2) is 0 Å². The highest BCUT2D eigenvalue weighted by atomic mass is 32.2. The molecule has 9 heteroatoms. The van der Waals surface area contributed by atoms with Gasteiger partial charge in [0.2, 0.25) is 10.0 Å². The van der Waals surface area contributed by atoms with Crippen molar-refractivity contribution in [3.63, 3.8) is 0 Å². The smallest absolute Gasteiger partial charge is 0.332 e. The van der Waals surface area contributed by atoms with Crippen LogP contribution >= 0.6 is 0 Å². The molecule has 0 saturated carbocycles. The van der Waals surface area contributed by atoms with Crippen LogP contribution in [0, 0.1) is 0 Å². The van der Waals surface area contributed by atoms with Gasteiger partial charge in [-0.1, -0.05) is 0 Å². The third-order valence-electron chi connectivity index (χ3n) is 1.56. The third-order valence-corrected chi connectivity index (χ3v) is 2.23. The molecule has 0 unspecified atom stereocenters. The zero-order valence-corrected chi connectivity index (χ0v) is 9.82. The van der Waals surface area contributed by atoms with Crippen molar-refractivity contribution in [2.45, 2.75) is 6.54 Å². The molecule has 4 N–H and O–H groups in total. The van der Waals surface area contributed by atoms with Crippen molar-refractivity contribution in [3.8, 4) is 0 Å². The van der Waals surface area contributed by atoms with Gasteiger partial charge in [-0.15, -0.1) is 0 Å². The van der Waals surface area contributed by atoms with Crippen molar-refractivity contribution >= 4 is 22.3 Å². The van der Waals surface area contributed by atoms with Gasteiger partial charge >= 0.3 is 6.03 Å². The second-order valence-electron chi connectivity index (χ2n) is 3.13. The van der Waals surface area contributed by atoms with Crippen LogP contribution in [0.4, 0.5) is 4.79 Å². The van der Waals surface area contributed by atoms with Crippen molar-refractivity contribution in [2.75, 3.05) is 6.26 Å². The first-order valence-corrected chi connectivity index (χ1v) is 6.38. The van der Waals surface area contributed by atoms with Crippen LogP contribution in [-0.2, 0) is 16.6 Å². The van der Waals surface area contributed by atoms with E-state index >= 15 is 0 Å². The number of primary amides is 1. The maximum Gasteiger partial charge on any atom is 0.332 e. The number of amides is 2. The summed E-state index contributed by atoms with van der Waals surface area (Å²) >= 11 is 0. The van der Waals surface area contributed by atoms with Crippen molar-refractivity contribution in [2.24, 2.45) is 10.8 Å². The molecular formula is C8H12N4O4S. The predicted molar refractivity (Wildman–Crippen MR) is 60.7 cm³/mol. The summed E-state index contributed by atoms with van der Waals surface area (Å²) in [6.45, 7) is 0.0515. The number of urea groups is 1. The molecule has 8 nitrogen and oxygen atoms in total. The third kappa shape index (κ3) is 5.68. The lowest BCUT2D eigenvalue weighted by Gasteiger charge is -1.97. The summed E-state index contributed by atoms with van der Waals surface area (Å²) < 4.78 is 29.1. The molecule has 0 aliphatic rings. The molecule has 0 aromatic carbocycles. The zero-order valence-electron chi connectivity index (χ0n) is 9.00. The van der Waals surface area contributed by atoms with Crippen LogP contribution in [0.3, 0.4) is 0 Å². The topological polar surface area (TPSA) is 127 Å². The van der Waals surface area contributed by atoms with Gasteiger partial charge < -0.3 is 10.2 Å². The van der Waals surface area contributed by atoms with Gasteiger partial charge in [-0.3, -0.25) is 0 Å². The minimum absolute atomic E-state index is 0.0515. The number of rotatable bonds is 5. The molecule has 17 heavy (non-hydrogen) atoms. The zero-order chi connectivity index (χ0) is 12.9. The molecule has 0 radical (unpaired) electrons.